The van der Waals surface area contributed by atoms with Crippen molar-refractivity contribution in [2.75, 3.05) is 13.6 Å². The van der Waals surface area contributed by atoms with Crippen LogP contribution in [0, 0.1) is 11.3 Å². The van der Waals surface area contributed by atoms with E-state index in [4.69, 9.17) is 0 Å². The fourth-order valence-corrected chi connectivity index (χ4v) is 2.78. The summed E-state index contributed by atoms with van der Waals surface area (Å²) in [5.41, 5.74) is 3.07. The average molecular weight is 294 g/mol. The van der Waals surface area contributed by atoms with Gasteiger partial charge >= 0.3 is 0 Å². The molecule has 1 N–H and O–H groups in total. The zero-order chi connectivity index (χ0) is 16.9. The van der Waals surface area contributed by atoms with Gasteiger partial charge in [0.2, 0.25) is 0 Å². The van der Waals surface area contributed by atoms with Crippen molar-refractivity contribution in [2.24, 2.45) is 11.3 Å². The van der Waals surface area contributed by atoms with Gasteiger partial charge in [0, 0.05) is 6.54 Å². The van der Waals surface area contributed by atoms with E-state index in [2.05, 4.69) is 58.7 Å². The van der Waals surface area contributed by atoms with Gasteiger partial charge in [0.25, 0.3) is 0 Å². The zero-order valence-electron chi connectivity index (χ0n) is 15.8. The fourth-order valence-electron chi connectivity index (χ4n) is 2.78. The number of allylic oxidation sites excluding steroid dienone is 4. The van der Waals surface area contributed by atoms with E-state index >= 15 is 0 Å². The summed E-state index contributed by atoms with van der Waals surface area (Å²) in [4.78, 5) is 0. The Morgan fingerprint density at radius 2 is 1.76 bits per heavy atom. The van der Waals surface area contributed by atoms with Gasteiger partial charge in [-0.3, -0.25) is 0 Å². The Morgan fingerprint density at radius 3 is 2.14 bits per heavy atom. The lowest BCUT2D eigenvalue weighted by molar-refractivity contribution is 0.185. The minimum absolute atomic E-state index is 0.383. The second-order valence-corrected chi connectivity index (χ2v) is 5.89. The van der Waals surface area contributed by atoms with Crippen molar-refractivity contribution >= 4 is 0 Å². The van der Waals surface area contributed by atoms with Crippen LogP contribution in [0.1, 0.15) is 67.7 Å². The van der Waals surface area contributed by atoms with Crippen LogP contribution in [0.4, 0.5) is 0 Å². The Bertz CT molecular complexity index is 325. The summed E-state index contributed by atoms with van der Waals surface area (Å²) in [6.45, 7) is 20.2. The fraction of sp³-hybridized carbons (Fsp3) is 0.700. The second-order valence-electron chi connectivity index (χ2n) is 5.89. The molecule has 0 saturated heterocycles. The molecule has 0 radical (unpaired) electrons. The largest absolute Gasteiger partial charge is 0.319 e. The molecule has 1 nitrogen and oxygen atoms in total. The van der Waals surface area contributed by atoms with Crippen LogP contribution in [0.3, 0.4) is 0 Å². The summed E-state index contributed by atoms with van der Waals surface area (Å²) in [5, 5.41) is 3.37. The molecular weight excluding hydrogens is 254 g/mol. The monoisotopic (exact) mass is 293 g/mol. The number of rotatable bonds is 9. The highest BCUT2D eigenvalue weighted by Gasteiger charge is 2.31. The van der Waals surface area contributed by atoms with Gasteiger partial charge in [-0.1, -0.05) is 83.4 Å². The summed E-state index contributed by atoms with van der Waals surface area (Å²) >= 11 is 0. The van der Waals surface area contributed by atoms with Gasteiger partial charge in [0.05, 0.1) is 0 Å². The molecule has 0 aromatic heterocycles. The van der Waals surface area contributed by atoms with Crippen molar-refractivity contribution in [1.29, 1.82) is 0 Å². The molecule has 1 heteroatoms. The molecule has 2 unspecified atom stereocenters. The van der Waals surface area contributed by atoms with Crippen LogP contribution in [-0.4, -0.2) is 13.6 Å². The Labute approximate surface area is 134 Å². The highest BCUT2D eigenvalue weighted by molar-refractivity contribution is 5.24. The molecule has 2 atom stereocenters. The Morgan fingerprint density at radius 1 is 1.19 bits per heavy atom. The average Bonchev–Trinajstić information content (AvgIpc) is 2.51. The van der Waals surface area contributed by atoms with E-state index in [-0.39, 0.29) is 0 Å². The summed E-state index contributed by atoms with van der Waals surface area (Å²) in [6, 6.07) is 0. The maximum absolute atomic E-state index is 3.80. The predicted octanol–water partition coefficient (Wildman–Crippen LogP) is 6.14. The van der Waals surface area contributed by atoms with Crippen molar-refractivity contribution in [3.8, 4) is 0 Å². The molecule has 0 aromatic rings. The van der Waals surface area contributed by atoms with E-state index in [1.165, 1.54) is 30.4 Å². The van der Waals surface area contributed by atoms with Crippen molar-refractivity contribution in [3.63, 3.8) is 0 Å². The van der Waals surface area contributed by atoms with Crippen LogP contribution >= 0.6 is 0 Å². The van der Waals surface area contributed by atoms with E-state index in [1.54, 1.807) is 0 Å². The smallest absolute Gasteiger partial charge is 0.00191 e. The highest BCUT2D eigenvalue weighted by atomic mass is 14.8. The molecule has 0 aromatic carbocycles. The van der Waals surface area contributed by atoms with Gasteiger partial charge in [-0.25, -0.2) is 0 Å². The van der Waals surface area contributed by atoms with E-state index in [9.17, 15) is 0 Å². The van der Waals surface area contributed by atoms with Gasteiger partial charge in [0.15, 0.2) is 0 Å². The van der Waals surface area contributed by atoms with Crippen LogP contribution in [0.15, 0.2) is 36.0 Å². The molecule has 0 rings (SSSR count). The van der Waals surface area contributed by atoms with Gasteiger partial charge < -0.3 is 5.32 Å². The molecule has 21 heavy (non-hydrogen) atoms. The lowest BCUT2D eigenvalue weighted by atomic mass is 9.69. The highest BCUT2D eigenvalue weighted by Crippen LogP contribution is 2.39. The third-order valence-corrected chi connectivity index (χ3v) is 4.36. The zero-order valence-corrected chi connectivity index (χ0v) is 15.8. The molecule has 0 aliphatic rings. The third kappa shape index (κ3) is 8.26. The number of hydrogen-bond donors (Lipinski definition) is 1. The van der Waals surface area contributed by atoms with E-state index in [0.717, 1.165) is 6.54 Å². The van der Waals surface area contributed by atoms with Crippen molar-refractivity contribution in [2.45, 2.75) is 67.7 Å². The first kappa shape index (κ1) is 22.5. The maximum Gasteiger partial charge on any atom is 0.00191 e. The van der Waals surface area contributed by atoms with Crippen LogP contribution < -0.4 is 5.32 Å². The van der Waals surface area contributed by atoms with Gasteiger partial charge in [-0.15, -0.1) is 0 Å². The SMILES string of the molecule is C=C/C(C)=C\C=C(/C)C(CNC)C(C)(CC)CCC.CC. The Kier molecular flexibility index (Phi) is 13.8. The first-order valence-corrected chi connectivity index (χ1v) is 8.57. The van der Waals surface area contributed by atoms with Crippen LogP contribution in [0.5, 0.6) is 0 Å². The summed E-state index contributed by atoms with van der Waals surface area (Å²) < 4.78 is 0. The van der Waals surface area contributed by atoms with Crippen LogP contribution in [0.2, 0.25) is 0 Å². The topological polar surface area (TPSA) is 12.0 Å². The van der Waals surface area contributed by atoms with E-state index in [1.807, 2.05) is 27.0 Å². The molecule has 0 aliphatic carbocycles. The normalized spacial score (nSPS) is 16.6. The van der Waals surface area contributed by atoms with Gasteiger partial charge in [0.1, 0.15) is 0 Å². The minimum Gasteiger partial charge on any atom is -0.319 e. The summed E-state index contributed by atoms with van der Waals surface area (Å²) in [5.74, 6) is 0.594. The van der Waals surface area contributed by atoms with Crippen molar-refractivity contribution in [3.05, 3.63) is 36.0 Å². The summed E-state index contributed by atoms with van der Waals surface area (Å²) in [7, 11) is 2.05. The third-order valence-electron chi connectivity index (χ3n) is 4.36. The second kappa shape index (κ2) is 12.9. The molecule has 0 heterocycles. The number of nitrogens with one attached hydrogen (secondary N) is 1. The first-order chi connectivity index (χ1) is 9.95. The van der Waals surface area contributed by atoms with Crippen molar-refractivity contribution in [1.82, 2.24) is 5.32 Å². The summed E-state index contributed by atoms with van der Waals surface area (Å²) in [6.07, 6.45) is 10.1. The number of hydrogen-bond acceptors (Lipinski definition) is 1. The molecule has 0 aliphatic heterocycles. The van der Waals surface area contributed by atoms with E-state index in [0.29, 0.717) is 11.3 Å². The molecule has 0 bridgehead atoms. The Hall–Kier alpha value is -0.820. The predicted molar refractivity (Wildman–Crippen MR) is 99.8 cm³/mol. The van der Waals surface area contributed by atoms with Crippen LogP contribution in [0.25, 0.3) is 0 Å². The van der Waals surface area contributed by atoms with Crippen LogP contribution in [-0.2, 0) is 0 Å². The van der Waals surface area contributed by atoms with Gasteiger partial charge in [-0.05, 0) is 38.6 Å². The molecule has 0 fully saturated rings. The standard InChI is InChI=1S/C18H33N.C2H6/c1-8-13-18(6,10-3)17(14-19-7)16(5)12-11-15(4)9-2;1-2/h9,11-12,17,19H,2,8,10,13-14H2,1,3-7H3;1-2H3/b15-11-,16-12+;. The lowest BCUT2D eigenvalue weighted by Crippen LogP contribution is -2.35. The molecule has 0 amide bonds. The molecular formula is C20H39N. The molecule has 124 valence electrons. The maximum atomic E-state index is 3.80. The quantitative estimate of drug-likeness (QED) is 0.503. The molecule has 0 spiro atoms. The Balaban J connectivity index is 0. The lowest BCUT2D eigenvalue weighted by Gasteiger charge is -2.38. The first-order valence-electron chi connectivity index (χ1n) is 8.57. The van der Waals surface area contributed by atoms with Crippen molar-refractivity contribution < 1.29 is 0 Å². The van der Waals surface area contributed by atoms with E-state index < -0.39 is 0 Å². The minimum atomic E-state index is 0.383. The molecule has 0 saturated carbocycles. The van der Waals surface area contributed by atoms with Gasteiger partial charge in [-0.2, -0.15) is 0 Å².